The van der Waals surface area contributed by atoms with E-state index in [4.69, 9.17) is 19.2 Å². The molecule has 0 radical (unpaired) electrons. The van der Waals surface area contributed by atoms with E-state index in [1.165, 1.54) is 4.90 Å². The highest BCUT2D eigenvalue weighted by molar-refractivity contribution is 7.91. The van der Waals surface area contributed by atoms with Gasteiger partial charge in [0, 0.05) is 17.7 Å². The molecule has 4 amide bonds. The third-order valence-electron chi connectivity index (χ3n) is 12.2. The number of rotatable bonds is 10. The molecule has 4 N–H and O–H groups in total. The first-order valence-corrected chi connectivity index (χ1v) is 22.0. The lowest BCUT2D eigenvalue weighted by Gasteiger charge is -2.32. The van der Waals surface area contributed by atoms with Gasteiger partial charge in [-0.15, -0.1) is 0 Å². The van der Waals surface area contributed by atoms with Crippen molar-refractivity contribution in [3.05, 3.63) is 54.7 Å². The standard InChI is InChI=1S/C43H54N6O10S/c1-24(2)58-30-12-14-33(44-22-30)34-19-27-18-29(57-6)11-13-32(27)38(45-34)59-31-20-35-37(50)47-43(40(52)48-60(55,56)42(5)15-16-42)21-28(43)10-8-7-9-25(3)17-26(4)36(46-41(53)54)39(51)49(35)23-31/h8,10-14,18-19,22,24-26,28,31,35-36,46H,7,9,15-17,20-21,23H2,1-6H3,(H,47,50)(H,48,52)(H,53,54)/b10-8-/t25-,26+,28+,31+,35-,36-,43+/m0/s1. The molecule has 0 unspecified atom stereocenters. The number of fused-ring (bicyclic) bond motifs is 3. The van der Waals surface area contributed by atoms with Crippen molar-refractivity contribution in [3.8, 4) is 28.8 Å². The van der Waals surface area contributed by atoms with Crippen LogP contribution in [0.4, 0.5) is 4.79 Å². The minimum atomic E-state index is -4.03. The molecule has 1 aromatic carbocycles. The number of hydrogen-bond acceptors (Lipinski definition) is 11. The first-order chi connectivity index (χ1) is 28.4. The Bertz CT molecular complexity index is 2300. The number of benzene rings is 1. The van der Waals surface area contributed by atoms with Gasteiger partial charge in [0.25, 0.3) is 5.91 Å². The number of allylic oxidation sites excluding steroid dienone is 1. The van der Waals surface area contributed by atoms with Crippen LogP contribution in [0.2, 0.25) is 0 Å². The van der Waals surface area contributed by atoms with Crippen LogP contribution < -0.4 is 29.6 Å². The monoisotopic (exact) mass is 846 g/mol. The minimum absolute atomic E-state index is 0.0419. The van der Waals surface area contributed by atoms with E-state index in [1.807, 2.05) is 52.0 Å². The molecule has 7 rings (SSSR count). The Labute approximate surface area is 349 Å². The number of ether oxygens (including phenoxy) is 3. The summed E-state index contributed by atoms with van der Waals surface area (Å²) < 4.78 is 45.6. The molecule has 1 saturated heterocycles. The third kappa shape index (κ3) is 8.86. The largest absolute Gasteiger partial charge is 0.497 e. The van der Waals surface area contributed by atoms with Gasteiger partial charge in [-0.05, 0) is 113 Å². The summed E-state index contributed by atoms with van der Waals surface area (Å²) in [7, 11) is -2.47. The summed E-state index contributed by atoms with van der Waals surface area (Å²) in [5, 5.41) is 16.5. The van der Waals surface area contributed by atoms with Crippen LogP contribution in [-0.2, 0) is 24.4 Å². The summed E-state index contributed by atoms with van der Waals surface area (Å²) in [6.07, 6.45) is 5.96. The molecule has 2 aliphatic carbocycles. The van der Waals surface area contributed by atoms with E-state index >= 15 is 0 Å². The van der Waals surface area contributed by atoms with Gasteiger partial charge >= 0.3 is 6.09 Å². The average molecular weight is 847 g/mol. The van der Waals surface area contributed by atoms with Gasteiger partial charge in [-0.25, -0.2) is 18.2 Å². The third-order valence-corrected chi connectivity index (χ3v) is 14.3. The van der Waals surface area contributed by atoms with E-state index < -0.39 is 74.1 Å². The van der Waals surface area contributed by atoms with Gasteiger partial charge in [0.15, 0.2) is 0 Å². The van der Waals surface area contributed by atoms with Gasteiger partial charge < -0.3 is 34.9 Å². The number of carbonyl (C=O) groups excluding carboxylic acids is 3. The Morgan fingerprint density at radius 3 is 2.47 bits per heavy atom. The summed E-state index contributed by atoms with van der Waals surface area (Å²) in [6.45, 7) is 9.14. The minimum Gasteiger partial charge on any atom is -0.497 e. The highest BCUT2D eigenvalue weighted by Gasteiger charge is 2.63. The zero-order chi connectivity index (χ0) is 43.1. The lowest BCUT2D eigenvalue weighted by molar-refractivity contribution is -0.142. The van der Waals surface area contributed by atoms with E-state index in [1.54, 1.807) is 44.5 Å². The molecule has 16 nitrogen and oxygen atoms in total. The van der Waals surface area contributed by atoms with E-state index in [0.717, 1.165) is 11.8 Å². The fourth-order valence-electron chi connectivity index (χ4n) is 8.31. The molecular formula is C43H54N6O10S. The summed E-state index contributed by atoms with van der Waals surface area (Å²) >= 11 is 0. The summed E-state index contributed by atoms with van der Waals surface area (Å²) in [4.78, 5) is 66.1. The number of methoxy groups -OCH3 is 1. The second kappa shape index (κ2) is 16.5. The van der Waals surface area contributed by atoms with Gasteiger partial charge in [-0.2, -0.15) is 0 Å². The highest BCUT2D eigenvalue weighted by atomic mass is 32.2. The Hall–Kier alpha value is -5.45. The van der Waals surface area contributed by atoms with E-state index in [2.05, 4.69) is 20.3 Å². The normalized spacial score (nSPS) is 28.3. The number of aromatic nitrogens is 2. The maximum absolute atomic E-state index is 14.6. The van der Waals surface area contributed by atoms with E-state index in [9.17, 15) is 32.7 Å². The Morgan fingerprint density at radius 1 is 1.05 bits per heavy atom. The predicted molar refractivity (Wildman–Crippen MR) is 222 cm³/mol. The molecule has 4 heterocycles. The second-order valence-electron chi connectivity index (χ2n) is 17.3. The number of nitrogens with zero attached hydrogens (tertiary/aromatic N) is 3. The van der Waals surface area contributed by atoms with Crippen LogP contribution in [0.25, 0.3) is 22.2 Å². The van der Waals surface area contributed by atoms with Crippen LogP contribution in [-0.4, -0.2) is 100 Å². The molecule has 2 saturated carbocycles. The van der Waals surface area contributed by atoms with Crippen molar-refractivity contribution >= 4 is 44.6 Å². The van der Waals surface area contributed by atoms with Crippen LogP contribution in [0.5, 0.6) is 17.4 Å². The number of pyridine rings is 2. The molecule has 4 aliphatic rings. The molecule has 2 aliphatic heterocycles. The number of carboxylic acid groups (broad SMARTS) is 1. The van der Waals surface area contributed by atoms with Crippen LogP contribution in [0.1, 0.15) is 79.6 Å². The Morgan fingerprint density at radius 2 is 1.80 bits per heavy atom. The van der Waals surface area contributed by atoms with Crippen molar-refractivity contribution in [1.82, 2.24) is 30.2 Å². The molecule has 17 heteroatoms. The van der Waals surface area contributed by atoms with Crippen LogP contribution in [0.15, 0.2) is 54.7 Å². The maximum Gasteiger partial charge on any atom is 0.405 e. The lowest BCUT2D eigenvalue weighted by Crippen LogP contribution is -2.59. The zero-order valence-electron chi connectivity index (χ0n) is 34.8. The van der Waals surface area contributed by atoms with Gasteiger partial charge in [0.2, 0.25) is 27.7 Å². The van der Waals surface area contributed by atoms with Crippen LogP contribution in [0.3, 0.4) is 0 Å². The van der Waals surface area contributed by atoms with Gasteiger partial charge in [-0.1, -0.05) is 26.0 Å². The van der Waals surface area contributed by atoms with Gasteiger partial charge in [0.1, 0.15) is 35.2 Å². The molecule has 7 atom stereocenters. The molecular weight excluding hydrogens is 793 g/mol. The average Bonchev–Trinajstić information content (AvgIpc) is 4.08. The Kier molecular flexibility index (Phi) is 11.8. The lowest BCUT2D eigenvalue weighted by atomic mass is 9.88. The Balaban J connectivity index is 1.24. The van der Waals surface area contributed by atoms with Crippen molar-refractivity contribution in [3.63, 3.8) is 0 Å². The fraction of sp³-hybridized carbons (Fsp3) is 0.535. The highest BCUT2D eigenvalue weighted by Crippen LogP contribution is 2.48. The quantitative estimate of drug-likeness (QED) is 0.199. The van der Waals surface area contributed by atoms with Gasteiger partial charge in [-0.3, -0.25) is 24.1 Å². The molecule has 3 fully saturated rings. The summed E-state index contributed by atoms with van der Waals surface area (Å²) in [5.41, 5.74) is -0.562. The van der Waals surface area contributed by atoms with Crippen LogP contribution >= 0.6 is 0 Å². The first-order valence-electron chi connectivity index (χ1n) is 20.6. The van der Waals surface area contributed by atoms with Crippen molar-refractivity contribution < 1.29 is 46.9 Å². The van der Waals surface area contributed by atoms with Crippen molar-refractivity contribution in [2.45, 2.75) is 114 Å². The summed E-state index contributed by atoms with van der Waals surface area (Å²) in [5.74, 6) is -1.57. The van der Waals surface area contributed by atoms with Crippen molar-refractivity contribution in [2.24, 2.45) is 17.8 Å². The summed E-state index contributed by atoms with van der Waals surface area (Å²) in [6, 6.07) is 8.42. The molecule has 0 spiro atoms. The number of nitrogens with one attached hydrogen (secondary N) is 3. The van der Waals surface area contributed by atoms with Gasteiger partial charge in [0.05, 0.1) is 42.1 Å². The molecule has 0 bridgehead atoms. The fourth-order valence-corrected chi connectivity index (χ4v) is 9.63. The van der Waals surface area contributed by atoms with E-state index in [0.29, 0.717) is 54.0 Å². The predicted octanol–water partition coefficient (Wildman–Crippen LogP) is 4.96. The number of hydrogen-bond donors (Lipinski definition) is 4. The first kappa shape index (κ1) is 42.7. The maximum atomic E-state index is 14.6. The van der Waals surface area contributed by atoms with Crippen molar-refractivity contribution in [1.29, 1.82) is 0 Å². The topological polar surface area (TPSA) is 215 Å². The SMILES string of the molecule is COc1ccc2c(O[C@@H]3C[C@H]4C(=O)N[C@]5(C(=O)NS(=O)(=O)C6(C)CC6)C[C@H]5/C=C\CC[C@H](C)C[C@@H](C)[C@H](NC(=O)O)C(=O)N4C3)nc(-c3ccc(OC(C)C)cn3)cc2c1. The van der Waals surface area contributed by atoms with Crippen molar-refractivity contribution in [2.75, 3.05) is 13.7 Å². The molecule has 322 valence electrons. The molecule has 3 aromatic rings. The molecule has 60 heavy (non-hydrogen) atoms. The molecule has 2 aromatic heterocycles. The number of sulfonamides is 1. The number of carbonyl (C=O) groups is 4. The smallest absolute Gasteiger partial charge is 0.405 e. The second-order valence-corrected chi connectivity index (χ2v) is 19.5. The van der Waals surface area contributed by atoms with Crippen LogP contribution in [0, 0.1) is 17.8 Å². The van der Waals surface area contributed by atoms with E-state index in [-0.39, 0.29) is 37.3 Å². The zero-order valence-corrected chi connectivity index (χ0v) is 35.6. The number of amides is 4.